The first kappa shape index (κ1) is 18.2. The Kier molecular flexibility index (Phi) is 5.79. The fourth-order valence-electron chi connectivity index (χ4n) is 3.65. The Balaban J connectivity index is 1.95. The topological polar surface area (TPSA) is 125 Å². The molecule has 0 aromatic rings. The smallest absolute Gasteiger partial charge is 0.294 e. The summed E-state index contributed by atoms with van der Waals surface area (Å²) in [4.78, 5) is 44.3. The number of rotatable bonds is 6. The first-order valence-corrected chi connectivity index (χ1v) is 8.19. The maximum atomic E-state index is 12.6. The van der Waals surface area contributed by atoms with E-state index in [1.165, 1.54) is 0 Å². The maximum absolute atomic E-state index is 12.6. The summed E-state index contributed by atoms with van der Waals surface area (Å²) in [6, 6.07) is 0. The molecule has 0 spiro atoms. The molecule has 0 aromatic carbocycles. The molecule has 136 valence electrons. The molecule has 24 heavy (non-hydrogen) atoms. The van der Waals surface area contributed by atoms with Crippen LogP contribution in [0.4, 0.5) is 0 Å². The van der Waals surface area contributed by atoms with Gasteiger partial charge in [-0.25, -0.2) is 0 Å². The van der Waals surface area contributed by atoms with E-state index in [4.69, 9.17) is 0 Å². The Morgan fingerprint density at radius 3 is 1.88 bits per heavy atom. The monoisotopic (exact) mass is 345 g/mol. The number of carbonyl (C=O) groups is 1. The minimum absolute atomic E-state index is 0.0580. The zero-order valence-electron chi connectivity index (χ0n) is 13.8. The molecule has 2 rings (SSSR count). The Labute approximate surface area is 139 Å². The Morgan fingerprint density at radius 2 is 1.50 bits per heavy atom. The van der Waals surface area contributed by atoms with Gasteiger partial charge in [-0.15, -0.1) is 20.2 Å². The molecule has 1 saturated heterocycles. The van der Waals surface area contributed by atoms with Crippen molar-refractivity contribution in [3.8, 4) is 0 Å². The Bertz CT molecular complexity index is 467. The third kappa shape index (κ3) is 4.45. The largest absolute Gasteiger partial charge is 0.342 e. The van der Waals surface area contributed by atoms with Crippen LogP contribution in [0.2, 0.25) is 0 Å². The lowest BCUT2D eigenvalue weighted by molar-refractivity contribution is -0.797. The summed E-state index contributed by atoms with van der Waals surface area (Å²) in [5, 5.41) is 19.1. The van der Waals surface area contributed by atoms with Crippen molar-refractivity contribution in [2.45, 2.75) is 51.7 Å². The van der Waals surface area contributed by atoms with Gasteiger partial charge in [-0.3, -0.25) is 4.79 Å². The van der Waals surface area contributed by atoms with Crippen molar-refractivity contribution in [3.05, 3.63) is 20.2 Å². The molecule has 1 aliphatic heterocycles. The van der Waals surface area contributed by atoms with Gasteiger partial charge in [-0.05, 0) is 37.5 Å². The SMILES string of the molecule is CC(C)C1CCN(C(=O)C2C[C@H](O[N+](=O)[O-])[C@H](O[N+](=O)[O-])C2)CC1. The molecule has 0 radical (unpaired) electrons. The van der Waals surface area contributed by atoms with Crippen molar-refractivity contribution in [2.75, 3.05) is 13.1 Å². The fraction of sp³-hybridized carbons (Fsp3) is 0.929. The average molecular weight is 345 g/mol. The van der Waals surface area contributed by atoms with Crippen LogP contribution in [0.5, 0.6) is 0 Å². The van der Waals surface area contributed by atoms with Crippen molar-refractivity contribution >= 4 is 5.91 Å². The highest BCUT2D eigenvalue weighted by Crippen LogP contribution is 2.34. The van der Waals surface area contributed by atoms with Crippen LogP contribution in [-0.4, -0.2) is 46.3 Å². The summed E-state index contributed by atoms with van der Waals surface area (Å²) >= 11 is 0. The third-order valence-electron chi connectivity index (χ3n) is 5.03. The van der Waals surface area contributed by atoms with Gasteiger partial charge in [0.05, 0.1) is 0 Å². The standard InChI is InChI=1S/C14H23N3O7/c1-9(2)10-3-5-15(6-4-10)14(18)11-7-12(23-16(19)20)13(8-11)24-17(21)22/h9-13H,3-8H2,1-2H3/t11?,12-,13+. The lowest BCUT2D eigenvalue weighted by Crippen LogP contribution is -2.42. The molecule has 0 N–H and O–H groups in total. The molecule has 1 heterocycles. The summed E-state index contributed by atoms with van der Waals surface area (Å²) in [7, 11) is 0. The zero-order chi connectivity index (χ0) is 17.9. The molecule has 0 aromatic heterocycles. The second kappa shape index (κ2) is 7.63. The van der Waals surface area contributed by atoms with Gasteiger partial charge in [0.25, 0.3) is 10.2 Å². The molecule has 2 aliphatic rings. The summed E-state index contributed by atoms with van der Waals surface area (Å²) in [6.45, 7) is 5.63. The molecular weight excluding hydrogens is 322 g/mol. The number of carbonyl (C=O) groups excluding carboxylic acids is 1. The van der Waals surface area contributed by atoms with E-state index in [9.17, 15) is 25.0 Å². The van der Waals surface area contributed by atoms with Gasteiger partial charge in [0.2, 0.25) is 5.91 Å². The summed E-state index contributed by atoms with van der Waals surface area (Å²) in [5.74, 6) is 0.498. The van der Waals surface area contributed by atoms with Crippen molar-refractivity contribution in [1.82, 2.24) is 4.90 Å². The van der Waals surface area contributed by atoms with Crippen LogP contribution < -0.4 is 0 Å². The van der Waals surface area contributed by atoms with Gasteiger partial charge in [0.15, 0.2) is 0 Å². The van der Waals surface area contributed by atoms with Gasteiger partial charge in [-0.2, -0.15) is 0 Å². The van der Waals surface area contributed by atoms with Crippen molar-refractivity contribution in [2.24, 2.45) is 17.8 Å². The molecule has 2 fully saturated rings. The predicted molar refractivity (Wildman–Crippen MR) is 80.6 cm³/mol. The van der Waals surface area contributed by atoms with E-state index in [1.54, 1.807) is 4.90 Å². The van der Waals surface area contributed by atoms with Gasteiger partial charge in [0.1, 0.15) is 12.2 Å². The van der Waals surface area contributed by atoms with Crippen molar-refractivity contribution < 1.29 is 24.6 Å². The molecular formula is C14H23N3O7. The number of nitrogens with zero attached hydrogens (tertiary/aromatic N) is 3. The van der Waals surface area contributed by atoms with E-state index in [1.807, 2.05) is 0 Å². The minimum Gasteiger partial charge on any atom is -0.342 e. The highest BCUT2D eigenvalue weighted by molar-refractivity contribution is 5.79. The quantitative estimate of drug-likeness (QED) is 0.527. The molecule has 3 atom stereocenters. The normalized spacial score (nSPS) is 28.0. The number of likely N-dealkylation sites (tertiary alicyclic amines) is 1. The van der Waals surface area contributed by atoms with Crippen LogP contribution >= 0.6 is 0 Å². The van der Waals surface area contributed by atoms with Gasteiger partial charge < -0.3 is 14.6 Å². The molecule has 10 nitrogen and oxygen atoms in total. The first-order chi connectivity index (χ1) is 11.3. The minimum atomic E-state index is -1.09. The molecule has 1 aliphatic carbocycles. The number of hydrogen-bond donors (Lipinski definition) is 0. The zero-order valence-corrected chi connectivity index (χ0v) is 13.8. The number of piperidine rings is 1. The van der Waals surface area contributed by atoms with Crippen LogP contribution in [0.3, 0.4) is 0 Å². The van der Waals surface area contributed by atoms with Gasteiger partial charge in [0, 0.05) is 19.0 Å². The third-order valence-corrected chi connectivity index (χ3v) is 5.03. The lowest BCUT2D eigenvalue weighted by Gasteiger charge is -2.35. The molecule has 0 bridgehead atoms. The predicted octanol–water partition coefficient (Wildman–Crippen LogP) is 1.44. The van der Waals surface area contributed by atoms with Crippen LogP contribution in [-0.2, 0) is 14.5 Å². The van der Waals surface area contributed by atoms with E-state index in [0.717, 1.165) is 12.8 Å². The summed E-state index contributed by atoms with van der Waals surface area (Å²) in [5.41, 5.74) is 0. The summed E-state index contributed by atoms with van der Waals surface area (Å²) < 4.78 is 0. The second-order valence-corrected chi connectivity index (χ2v) is 6.81. The number of amides is 1. The van der Waals surface area contributed by atoms with E-state index in [2.05, 4.69) is 23.5 Å². The highest BCUT2D eigenvalue weighted by atomic mass is 17.0. The number of hydrogen-bond acceptors (Lipinski definition) is 7. The molecule has 1 saturated carbocycles. The van der Waals surface area contributed by atoms with E-state index >= 15 is 0 Å². The highest BCUT2D eigenvalue weighted by Gasteiger charge is 2.44. The average Bonchev–Trinajstić information content (AvgIpc) is 2.88. The second-order valence-electron chi connectivity index (χ2n) is 6.81. The lowest BCUT2D eigenvalue weighted by atomic mass is 9.86. The van der Waals surface area contributed by atoms with E-state index in [0.29, 0.717) is 24.9 Å². The van der Waals surface area contributed by atoms with Gasteiger partial charge >= 0.3 is 0 Å². The summed E-state index contributed by atoms with van der Waals surface area (Å²) in [6.07, 6.45) is -0.204. The Morgan fingerprint density at radius 1 is 1.04 bits per heavy atom. The van der Waals surface area contributed by atoms with Gasteiger partial charge in [-0.1, -0.05) is 13.8 Å². The Hall–Kier alpha value is -2.13. The van der Waals surface area contributed by atoms with Crippen LogP contribution in [0.15, 0.2) is 0 Å². The maximum Gasteiger partial charge on any atom is 0.294 e. The molecule has 1 unspecified atom stereocenters. The molecule has 10 heteroatoms. The van der Waals surface area contributed by atoms with E-state index < -0.39 is 28.3 Å². The first-order valence-electron chi connectivity index (χ1n) is 8.19. The van der Waals surface area contributed by atoms with E-state index in [-0.39, 0.29) is 18.7 Å². The van der Waals surface area contributed by atoms with Crippen molar-refractivity contribution in [3.63, 3.8) is 0 Å². The fourth-order valence-corrected chi connectivity index (χ4v) is 3.65. The van der Waals surface area contributed by atoms with Crippen molar-refractivity contribution in [1.29, 1.82) is 0 Å². The van der Waals surface area contributed by atoms with Crippen LogP contribution in [0.25, 0.3) is 0 Å². The molecule has 1 amide bonds. The van der Waals surface area contributed by atoms with Crippen LogP contribution in [0.1, 0.15) is 39.5 Å². The van der Waals surface area contributed by atoms with Crippen LogP contribution in [0, 0.1) is 38.0 Å².